The van der Waals surface area contributed by atoms with E-state index < -0.39 is 28.3 Å². The number of nitrogens with two attached hydrogens (primary N) is 1. The summed E-state index contributed by atoms with van der Waals surface area (Å²) in [5, 5.41) is 14.0. The number of hydrogen-bond donors (Lipinski definition) is 3. The largest absolute Gasteiger partial charge is 0.490 e. The Bertz CT molecular complexity index is 1030. The van der Waals surface area contributed by atoms with Crippen molar-refractivity contribution >= 4 is 17.5 Å². The normalized spacial score (nSPS) is 15.4. The van der Waals surface area contributed by atoms with E-state index in [1.165, 1.54) is 25.3 Å². The van der Waals surface area contributed by atoms with E-state index in [0.717, 1.165) is 6.07 Å². The van der Waals surface area contributed by atoms with Crippen LogP contribution in [0, 0.1) is 10.1 Å². The van der Waals surface area contributed by atoms with E-state index >= 15 is 0 Å². The highest BCUT2D eigenvalue weighted by Gasteiger charge is 2.26. The van der Waals surface area contributed by atoms with Gasteiger partial charge < -0.3 is 20.8 Å². The van der Waals surface area contributed by atoms with Gasteiger partial charge in [0.1, 0.15) is 5.56 Å². The Balaban J connectivity index is 1.91. The van der Waals surface area contributed by atoms with E-state index in [0.29, 0.717) is 30.5 Å². The number of fused-ring (bicyclic) bond motifs is 1. The summed E-state index contributed by atoms with van der Waals surface area (Å²) in [6, 6.07) is 4.85. The number of ether oxygens (including phenoxy) is 1. The fourth-order valence-corrected chi connectivity index (χ4v) is 3.29. The van der Waals surface area contributed by atoms with Gasteiger partial charge in [0.25, 0.3) is 17.4 Å². The highest BCUT2D eigenvalue weighted by molar-refractivity contribution is 5.95. The third kappa shape index (κ3) is 3.56. The molecule has 146 valence electrons. The highest BCUT2D eigenvalue weighted by atomic mass is 16.6. The molecule has 28 heavy (non-hydrogen) atoms. The van der Waals surface area contributed by atoms with Crippen molar-refractivity contribution < 1.29 is 19.2 Å². The molecular weight excluding hydrogens is 368 g/mol. The Morgan fingerprint density at radius 2 is 2.11 bits per heavy atom. The topological polar surface area (TPSA) is 157 Å². The van der Waals surface area contributed by atoms with Crippen molar-refractivity contribution in [1.82, 2.24) is 10.3 Å². The molecule has 0 radical (unpaired) electrons. The third-order valence-electron chi connectivity index (χ3n) is 4.66. The molecule has 0 fully saturated rings. The summed E-state index contributed by atoms with van der Waals surface area (Å²) >= 11 is 0. The zero-order chi connectivity index (χ0) is 20.4. The van der Waals surface area contributed by atoms with Gasteiger partial charge in [0.15, 0.2) is 5.75 Å². The molecule has 1 aromatic carbocycles. The fraction of sp³-hybridized carbons (Fsp3) is 0.278. The molecule has 2 amide bonds. The molecule has 1 aromatic heterocycles. The van der Waals surface area contributed by atoms with Gasteiger partial charge in [-0.1, -0.05) is 0 Å². The zero-order valence-corrected chi connectivity index (χ0v) is 15.0. The van der Waals surface area contributed by atoms with Crippen molar-refractivity contribution in [2.75, 3.05) is 7.11 Å². The summed E-state index contributed by atoms with van der Waals surface area (Å²) in [6.45, 7) is 0. The van der Waals surface area contributed by atoms with Crippen LogP contribution in [0.2, 0.25) is 0 Å². The van der Waals surface area contributed by atoms with Gasteiger partial charge in [-0.05, 0) is 43.0 Å². The molecule has 1 heterocycles. The van der Waals surface area contributed by atoms with Crippen LogP contribution >= 0.6 is 0 Å². The Hall–Kier alpha value is -3.69. The number of nitrogens with one attached hydrogen (secondary N) is 2. The molecule has 1 unspecified atom stereocenters. The standard InChI is InChI=1S/C18H18N4O6/c1-28-15-6-5-9(7-14(15)22(26)27)17(24)20-12-3-2-4-13-10(12)8-11(16(19)23)18(25)21-13/h5-8,12H,2-4H2,1H3,(H2,19,23)(H,20,24)(H,21,25). The predicted molar refractivity (Wildman–Crippen MR) is 98.4 cm³/mol. The van der Waals surface area contributed by atoms with Crippen LogP contribution < -0.4 is 21.3 Å². The number of carbonyl (C=O) groups excluding carboxylic acids is 2. The highest BCUT2D eigenvalue weighted by Crippen LogP contribution is 2.30. The van der Waals surface area contributed by atoms with Crippen LogP contribution in [-0.4, -0.2) is 28.8 Å². The lowest BCUT2D eigenvalue weighted by Crippen LogP contribution is -2.34. The molecule has 0 bridgehead atoms. The number of methoxy groups -OCH3 is 1. The maximum absolute atomic E-state index is 12.6. The molecule has 1 atom stereocenters. The van der Waals surface area contributed by atoms with Gasteiger partial charge in [0.05, 0.1) is 18.1 Å². The minimum Gasteiger partial charge on any atom is -0.490 e. The van der Waals surface area contributed by atoms with Crippen molar-refractivity contribution in [1.29, 1.82) is 0 Å². The van der Waals surface area contributed by atoms with Crippen LogP contribution in [0.4, 0.5) is 5.69 Å². The number of pyridine rings is 1. The van der Waals surface area contributed by atoms with Gasteiger partial charge in [-0.3, -0.25) is 24.5 Å². The van der Waals surface area contributed by atoms with Crippen molar-refractivity contribution in [3.63, 3.8) is 0 Å². The smallest absolute Gasteiger partial charge is 0.311 e. The van der Waals surface area contributed by atoms with Gasteiger partial charge in [-0.15, -0.1) is 0 Å². The first kappa shape index (κ1) is 19.1. The van der Waals surface area contributed by atoms with E-state index in [4.69, 9.17) is 10.5 Å². The van der Waals surface area contributed by atoms with Crippen molar-refractivity contribution in [3.05, 3.63) is 67.1 Å². The van der Waals surface area contributed by atoms with Crippen LogP contribution in [-0.2, 0) is 6.42 Å². The average Bonchev–Trinajstić information content (AvgIpc) is 2.66. The van der Waals surface area contributed by atoms with Gasteiger partial charge in [0.2, 0.25) is 0 Å². The maximum atomic E-state index is 12.6. The first-order valence-corrected chi connectivity index (χ1v) is 8.51. The lowest BCUT2D eigenvalue weighted by atomic mass is 9.90. The molecule has 1 aliphatic rings. The SMILES string of the molecule is COc1ccc(C(=O)NC2CCCc3[nH]c(=O)c(C(N)=O)cc32)cc1[N+](=O)[O-]. The van der Waals surface area contributed by atoms with Gasteiger partial charge >= 0.3 is 5.69 Å². The summed E-state index contributed by atoms with van der Waals surface area (Å²) in [5.74, 6) is -1.32. The molecule has 0 saturated heterocycles. The number of H-pyrrole nitrogens is 1. The molecule has 10 nitrogen and oxygen atoms in total. The second-order valence-electron chi connectivity index (χ2n) is 6.37. The summed E-state index contributed by atoms with van der Waals surface area (Å²) in [7, 11) is 1.30. The van der Waals surface area contributed by atoms with Crippen molar-refractivity contribution in [2.45, 2.75) is 25.3 Å². The Morgan fingerprint density at radius 3 is 2.75 bits per heavy atom. The van der Waals surface area contributed by atoms with Crippen LogP contribution in [0.1, 0.15) is 50.9 Å². The number of nitrogens with zero attached hydrogens (tertiary/aromatic N) is 1. The number of amides is 2. The van der Waals surface area contributed by atoms with E-state index in [1.54, 1.807) is 0 Å². The number of benzene rings is 1. The zero-order valence-electron chi connectivity index (χ0n) is 15.0. The molecule has 1 aliphatic carbocycles. The van der Waals surface area contributed by atoms with Crippen molar-refractivity contribution in [2.24, 2.45) is 5.73 Å². The van der Waals surface area contributed by atoms with Crippen LogP contribution in [0.25, 0.3) is 0 Å². The molecule has 0 spiro atoms. The number of primary amides is 1. The molecule has 3 rings (SSSR count). The molecule has 4 N–H and O–H groups in total. The summed E-state index contributed by atoms with van der Waals surface area (Å²) in [5.41, 5.74) is 5.51. The monoisotopic (exact) mass is 386 g/mol. The predicted octanol–water partition coefficient (Wildman–Crippen LogP) is 1.20. The molecule has 2 aromatic rings. The maximum Gasteiger partial charge on any atom is 0.311 e. The van der Waals surface area contributed by atoms with Gasteiger partial charge in [0, 0.05) is 17.3 Å². The van der Waals surface area contributed by atoms with E-state index in [1.807, 2.05) is 0 Å². The molecule has 10 heteroatoms. The molecule has 0 aliphatic heterocycles. The number of nitro groups is 1. The second kappa shape index (κ2) is 7.51. The summed E-state index contributed by atoms with van der Waals surface area (Å²) in [6.07, 6.45) is 1.90. The van der Waals surface area contributed by atoms with Crippen LogP contribution in [0.5, 0.6) is 5.75 Å². The third-order valence-corrected chi connectivity index (χ3v) is 4.66. The average molecular weight is 386 g/mol. The van der Waals surface area contributed by atoms with Gasteiger partial charge in [-0.25, -0.2) is 0 Å². The first-order valence-electron chi connectivity index (χ1n) is 8.51. The minimum absolute atomic E-state index is 0.0493. The Kier molecular flexibility index (Phi) is 5.12. The number of aromatic nitrogens is 1. The number of aryl methyl sites for hydroxylation is 1. The number of rotatable bonds is 5. The second-order valence-corrected chi connectivity index (χ2v) is 6.37. The van der Waals surface area contributed by atoms with Gasteiger partial charge in [-0.2, -0.15) is 0 Å². The minimum atomic E-state index is -0.856. The van der Waals surface area contributed by atoms with Crippen molar-refractivity contribution in [3.8, 4) is 5.75 Å². The quantitative estimate of drug-likeness (QED) is 0.517. The number of hydrogen-bond acceptors (Lipinski definition) is 6. The summed E-state index contributed by atoms with van der Waals surface area (Å²) in [4.78, 5) is 49.2. The van der Waals surface area contributed by atoms with Crippen LogP contribution in [0.15, 0.2) is 29.1 Å². The first-order chi connectivity index (χ1) is 13.3. The lowest BCUT2D eigenvalue weighted by molar-refractivity contribution is -0.385. The number of nitro benzene ring substituents is 1. The van der Waals surface area contributed by atoms with E-state index in [2.05, 4.69) is 10.3 Å². The molecular formula is C18H18N4O6. The summed E-state index contributed by atoms with van der Waals surface area (Å²) < 4.78 is 4.93. The van der Waals surface area contributed by atoms with Crippen LogP contribution in [0.3, 0.4) is 0 Å². The number of carbonyl (C=O) groups is 2. The Morgan fingerprint density at radius 1 is 1.36 bits per heavy atom. The van der Waals surface area contributed by atoms with E-state index in [9.17, 15) is 24.5 Å². The lowest BCUT2D eigenvalue weighted by Gasteiger charge is -2.26. The fourth-order valence-electron chi connectivity index (χ4n) is 3.29. The Labute approximate surface area is 158 Å². The van der Waals surface area contributed by atoms with E-state index in [-0.39, 0.29) is 22.6 Å². The number of aromatic amines is 1. The molecule has 0 saturated carbocycles.